The molecule has 124 valence electrons. The van der Waals surface area contributed by atoms with Gasteiger partial charge in [-0.05, 0) is 38.9 Å². The molecule has 5 nitrogen and oxygen atoms in total. The third-order valence-corrected chi connectivity index (χ3v) is 3.73. The maximum Gasteiger partial charge on any atom is 0.304 e. The highest BCUT2D eigenvalue weighted by Crippen LogP contribution is 2.16. The van der Waals surface area contributed by atoms with Crippen LogP contribution in [0.3, 0.4) is 0 Å². The largest absolute Gasteiger partial charge is 0.481 e. The second-order valence-corrected chi connectivity index (χ2v) is 5.39. The molecule has 0 aliphatic heterocycles. The molecule has 2 atom stereocenters. The van der Waals surface area contributed by atoms with Gasteiger partial charge in [0.15, 0.2) is 0 Å². The number of rotatable bonds is 7. The first-order valence-electron chi connectivity index (χ1n) is 7.11. The van der Waals surface area contributed by atoms with E-state index in [2.05, 4.69) is 5.32 Å². The number of nitrogens with one attached hydrogen (secondary N) is 1. The highest BCUT2D eigenvalue weighted by atomic mass is 35.5. The number of carbonyl (C=O) groups is 2. The first-order chi connectivity index (χ1) is 9.82. The van der Waals surface area contributed by atoms with E-state index < -0.39 is 5.97 Å². The van der Waals surface area contributed by atoms with Crippen molar-refractivity contribution in [2.75, 3.05) is 13.6 Å². The van der Waals surface area contributed by atoms with Crippen LogP contribution in [0, 0.1) is 6.92 Å². The van der Waals surface area contributed by atoms with Gasteiger partial charge in [0.25, 0.3) is 0 Å². The number of carboxylic acid groups (broad SMARTS) is 1. The van der Waals surface area contributed by atoms with E-state index in [1.165, 1.54) is 0 Å². The van der Waals surface area contributed by atoms with E-state index in [9.17, 15) is 9.59 Å². The molecule has 1 aromatic rings. The Balaban J connectivity index is 0.00000441. The Kier molecular flexibility index (Phi) is 8.75. The molecule has 2 unspecified atom stereocenters. The van der Waals surface area contributed by atoms with Gasteiger partial charge in [0.1, 0.15) is 0 Å². The van der Waals surface area contributed by atoms with Gasteiger partial charge in [-0.15, -0.1) is 12.4 Å². The van der Waals surface area contributed by atoms with Crippen LogP contribution in [0.15, 0.2) is 24.3 Å². The number of carboxylic acids is 1. The van der Waals surface area contributed by atoms with E-state index >= 15 is 0 Å². The molecule has 0 aromatic heterocycles. The number of aliphatic carboxylic acids is 1. The quantitative estimate of drug-likeness (QED) is 0.806. The molecule has 1 amide bonds. The lowest BCUT2D eigenvalue weighted by Gasteiger charge is -2.25. The standard InChI is InChI=1S/C16H24N2O3.ClH/c1-11-7-5-6-8-14(11)12(2)17-16(21)13(3)18(4)10-9-15(19)20;/h5-8,12-13H,9-10H2,1-4H3,(H,17,21)(H,19,20);1H. The topological polar surface area (TPSA) is 69.6 Å². The molecule has 0 saturated heterocycles. The van der Waals surface area contributed by atoms with Crippen LogP contribution in [-0.4, -0.2) is 41.5 Å². The van der Waals surface area contributed by atoms with E-state index in [1.807, 2.05) is 38.1 Å². The Morgan fingerprint density at radius 3 is 2.41 bits per heavy atom. The predicted octanol–water partition coefficient (Wildman–Crippen LogP) is 2.39. The van der Waals surface area contributed by atoms with Crippen molar-refractivity contribution in [3.63, 3.8) is 0 Å². The molecule has 0 heterocycles. The summed E-state index contributed by atoms with van der Waals surface area (Å²) in [5.41, 5.74) is 2.23. The number of amides is 1. The van der Waals surface area contributed by atoms with Gasteiger partial charge >= 0.3 is 5.97 Å². The fraction of sp³-hybridized carbons (Fsp3) is 0.500. The van der Waals surface area contributed by atoms with Gasteiger partial charge in [0.2, 0.25) is 5.91 Å². The molecule has 0 aliphatic carbocycles. The molecule has 2 N–H and O–H groups in total. The van der Waals surface area contributed by atoms with Crippen molar-refractivity contribution in [3.8, 4) is 0 Å². The molecular weight excluding hydrogens is 304 g/mol. The minimum atomic E-state index is -0.859. The van der Waals surface area contributed by atoms with Crippen LogP contribution in [0.25, 0.3) is 0 Å². The van der Waals surface area contributed by atoms with Gasteiger partial charge in [0.05, 0.1) is 18.5 Å². The predicted molar refractivity (Wildman–Crippen MR) is 89.3 cm³/mol. The molecule has 0 fully saturated rings. The Hall–Kier alpha value is -1.59. The van der Waals surface area contributed by atoms with Crippen molar-refractivity contribution in [2.45, 2.75) is 39.3 Å². The average Bonchev–Trinajstić information content (AvgIpc) is 2.44. The number of aryl methyl sites for hydroxylation is 1. The van der Waals surface area contributed by atoms with Gasteiger partial charge in [0, 0.05) is 6.54 Å². The number of likely N-dealkylation sites (N-methyl/N-ethyl adjacent to an activating group) is 1. The van der Waals surface area contributed by atoms with Crippen molar-refractivity contribution in [3.05, 3.63) is 35.4 Å². The van der Waals surface area contributed by atoms with Crippen LogP contribution in [0.1, 0.15) is 37.4 Å². The lowest BCUT2D eigenvalue weighted by Crippen LogP contribution is -2.44. The van der Waals surface area contributed by atoms with Crippen LogP contribution < -0.4 is 5.32 Å². The summed E-state index contributed by atoms with van der Waals surface area (Å²) in [5, 5.41) is 11.7. The zero-order valence-corrected chi connectivity index (χ0v) is 14.3. The van der Waals surface area contributed by atoms with Crippen LogP contribution in [-0.2, 0) is 9.59 Å². The summed E-state index contributed by atoms with van der Waals surface area (Å²) < 4.78 is 0. The normalized spacial score (nSPS) is 13.1. The summed E-state index contributed by atoms with van der Waals surface area (Å²) in [6.07, 6.45) is 0.0292. The summed E-state index contributed by atoms with van der Waals surface area (Å²) >= 11 is 0. The van der Waals surface area contributed by atoms with Crippen LogP contribution in [0.2, 0.25) is 0 Å². The van der Waals surface area contributed by atoms with Crippen molar-refractivity contribution < 1.29 is 14.7 Å². The molecule has 0 radical (unpaired) electrons. The Bertz CT molecular complexity index is 508. The van der Waals surface area contributed by atoms with Crippen LogP contribution in [0.5, 0.6) is 0 Å². The van der Waals surface area contributed by atoms with Crippen molar-refractivity contribution in [1.29, 1.82) is 0 Å². The summed E-state index contributed by atoms with van der Waals surface area (Å²) in [6, 6.07) is 7.49. The number of halogens is 1. The van der Waals surface area contributed by atoms with E-state index in [0.29, 0.717) is 6.54 Å². The highest BCUT2D eigenvalue weighted by molar-refractivity contribution is 5.85. The third kappa shape index (κ3) is 6.03. The number of hydrogen-bond acceptors (Lipinski definition) is 3. The molecule has 22 heavy (non-hydrogen) atoms. The third-order valence-electron chi connectivity index (χ3n) is 3.73. The van der Waals surface area contributed by atoms with Gasteiger partial charge in [-0.1, -0.05) is 24.3 Å². The number of hydrogen-bond donors (Lipinski definition) is 2. The lowest BCUT2D eigenvalue weighted by molar-refractivity contribution is -0.138. The molecule has 0 bridgehead atoms. The van der Waals surface area contributed by atoms with E-state index in [4.69, 9.17) is 5.11 Å². The van der Waals surface area contributed by atoms with E-state index in [-0.39, 0.29) is 36.8 Å². The summed E-state index contributed by atoms with van der Waals surface area (Å²) in [7, 11) is 1.76. The smallest absolute Gasteiger partial charge is 0.304 e. The van der Waals surface area contributed by atoms with Gasteiger partial charge < -0.3 is 10.4 Å². The second-order valence-electron chi connectivity index (χ2n) is 5.39. The molecule has 0 spiro atoms. The van der Waals surface area contributed by atoms with Crippen molar-refractivity contribution in [2.24, 2.45) is 0 Å². The summed E-state index contributed by atoms with van der Waals surface area (Å²) in [5.74, 6) is -0.957. The zero-order valence-electron chi connectivity index (χ0n) is 13.5. The number of nitrogens with zero attached hydrogens (tertiary/aromatic N) is 1. The van der Waals surface area contributed by atoms with Crippen molar-refractivity contribution >= 4 is 24.3 Å². The monoisotopic (exact) mass is 328 g/mol. The first-order valence-corrected chi connectivity index (χ1v) is 7.11. The zero-order chi connectivity index (χ0) is 16.0. The van der Waals surface area contributed by atoms with Gasteiger partial charge in [-0.25, -0.2) is 0 Å². The van der Waals surface area contributed by atoms with Gasteiger partial charge in [-0.2, -0.15) is 0 Å². The maximum absolute atomic E-state index is 12.2. The lowest BCUT2D eigenvalue weighted by atomic mass is 10.0. The Morgan fingerprint density at radius 1 is 1.27 bits per heavy atom. The minimum absolute atomic E-state index is 0. The second kappa shape index (κ2) is 9.43. The summed E-state index contributed by atoms with van der Waals surface area (Å²) in [6.45, 7) is 6.09. The SMILES string of the molecule is Cc1ccccc1C(C)NC(=O)C(C)N(C)CCC(=O)O.Cl. The highest BCUT2D eigenvalue weighted by Gasteiger charge is 2.20. The maximum atomic E-state index is 12.2. The average molecular weight is 329 g/mol. The molecule has 1 rings (SSSR count). The molecular formula is C16H25ClN2O3. The Morgan fingerprint density at radius 2 is 1.86 bits per heavy atom. The van der Waals surface area contributed by atoms with Crippen LogP contribution in [0.4, 0.5) is 0 Å². The Labute approximate surface area is 138 Å². The number of benzene rings is 1. The van der Waals surface area contributed by atoms with E-state index in [0.717, 1.165) is 11.1 Å². The fourth-order valence-corrected chi connectivity index (χ4v) is 2.15. The molecule has 6 heteroatoms. The first kappa shape index (κ1) is 20.4. The minimum Gasteiger partial charge on any atom is -0.481 e. The van der Waals surface area contributed by atoms with E-state index in [1.54, 1.807) is 18.9 Å². The van der Waals surface area contributed by atoms with Crippen molar-refractivity contribution in [1.82, 2.24) is 10.2 Å². The van der Waals surface area contributed by atoms with Crippen LogP contribution >= 0.6 is 12.4 Å². The molecule has 0 saturated carbocycles. The van der Waals surface area contributed by atoms with Gasteiger partial charge in [-0.3, -0.25) is 14.5 Å². The number of carbonyl (C=O) groups excluding carboxylic acids is 1. The molecule has 0 aliphatic rings. The fourth-order valence-electron chi connectivity index (χ4n) is 2.15. The summed E-state index contributed by atoms with van der Waals surface area (Å²) in [4.78, 5) is 24.5. The molecule has 1 aromatic carbocycles.